The zero-order chi connectivity index (χ0) is 8.20. The van der Waals surface area contributed by atoms with Crippen LogP contribution in [0.15, 0.2) is 0 Å². The van der Waals surface area contributed by atoms with Crippen molar-refractivity contribution in [1.82, 2.24) is 0 Å². The molecule has 0 spiro atoms. The predicted octanol–water partition coefficient (Wildman–Crippen LogP) is 1.03. The first-order valence-electron chi connectivity index (χ1n) is 3.82. The first-order valence-corrected chi connectivity index (χ1v) is 7.53. The fourth-order valence-electron chi connectivity index (χ4n) is 0.710. The van der Waals surface area contributed by atoms with Crippen molar-refractivity contribution in [3.8, 4) is 0 Å². The third-order valence-corrected chi connectivity index (χ3v) is 3.29. The summed E-state index contributed by atoms with van der Waals surface area (Å²) in [6, 6.07) is 1.22. The van der Waals surface area contributed by atoms with Gasteiger partial charge in [0.2, 0.25) is 0 Å². The maximum absolute atomic E-state index is 8.62. The van der Waals surface area contributed by atoms with Crippen LogP contribution in [0.4, 0.5) is 0 Å². The van der Waals surface area contributed by atoms with Gasteiger partial charge in [0.05, 0.1) is 6.61 Å². The van der Waals surface area contributed by atoms with Crippen LogP contribution in [-0.4, -0.2) is 25.8 Å². The average Bonchev–Trinajstić information content (AvgIpc) is 1.81. The van der Waals surface area contributed by atoms with Gasteiger partial charge in [-0.2, -0.15) is 0 Å². The van der Waals surface area contributed by atoms with Gasteiger partial charge in [-0.05, 0) is 6.42 Å². The lowest BCUT2D eigenvalue weighted by Gasteiger charge is -2.17. The number of aliphatic hydroxyl groups is 1. The summed E-state index contributed by atoms with van der Waals surface area (Å²) in [6.45, 7) is 7.08. The molecule has 0 aliphatic rings. The molecule has 0 aliphatic carbocycles. The van der Waals surface area contributed by atoms with Gasteiger partial charge in [-0.25, -0.2) is 0 Å². The third-order valence-electron chi connectivity index (χ3n) is 1.50. The molecular formula is C7H19NOSi. The topological polar surface area (TPSA) is 46.2 Å². The lowest BCUT2D eigenvalue weighted by Crippen LogP contribution is -2.29. The summed E-state index contributed by atoms with van der Waals surface area (Å²) in [5.41, 5.74) is 5.55. The van der Waals surface area contributed by atoms with E-state index in [1.54, 1.807) is 0 Å². The molecular weight excluding hydrogens is 142 g/mol. The Morgan fingerprint density at radius 1 is 1.40 bits per heavy atom. The Kier molecular flexibility index (Phi) is 4.16. The zero-order valence-corrected chi connectivity index (χ0v) is 8.22. The molecule has 0 amide bonds. The van der Waals surface area contributed by atoms with E-state index in [1.807, 2.05) is 0 Å². The zero-order valence-electron chi connectivity index (χ0n) is 7.22. The van der Waals surface area contributed by atoms with Gasteiger partial charge in [0.15, 0.2) is 0 Å². The lowest BCUT2D eigenvalue weighted by molar-refractivity contribution is 0.263. The Morgan fingerprint density at radius 2 is 1.90 bits per heavy atom. The van der Waals surface area contributed by atoms with Crippen molar-refractivity contribution in [3.05, 3.63) is 0 Å². The number of nitrogens with two attached hydrogens (primary N) is 1. The molecule has 2 nitrogen and oxygen atoms in total. The SMILES string of the molecule is C[Si](C)(C)CC[C@H](N)CO. The van der Waals surface area contributed by atoms with Crippen molar-refractivity contribution in [2.75, 3.05) is 6.61 Å². The van der Waals surface area contributed by atoms with Gasteiger partial charge >= 0.3 is 0 Å². The highest BCUT2D eigenvalue weighted by molar-refractivity contribution is 6.76. The van der Waals surface area contributed by atoms with Gasteiger partial charge in [0.25, 0.3) is 0 Å². The standard InChI is InChI=1S/C7H19NOSi/c1-10(2,3)5-4-7(8)6-9/h7,9H,4-6,8H2,1-3H3/t7-/m0/s1. The fourth-order valence-corrected chi connectivity index (χ4v) is 1.95. The molecule has 0 aliphatic heterocycles. The van der Waals surface area contributed by atoms with E-state index in [0.717, 1.165) is 6.42 Å². The highest BCUT2D eigenvalue weighted by atomic mass is 28.3. The monoisotopic (exact) mass is 161 g/mol. The van der Waals surface area contributed by atoms with Crippen LogP contribution >= 0.6 is 0 Å². The van der Waals surface area contributed by atoms with Crippen LogP contribution in [0.3, 0.4) is 0 Å². The van der Waals surface area contributed by atoms with E-state index in [9.17, 15) is 0 Å². The maximum atomic E-state index is 8.62. The Morgan fingerprint density at radius 3 is 2.20 bits per heavy atom. The molecule has 1 atom stereocenters. The minimum Gasteiger partial charge on any atom is -0.395 e. The second kappa shape index (κ2) is 4.11. The first-order chi connectivity index (χ1) is 4.45. The Bertz CT molecular complexity index is 90.1. The Hall–Kier alpha value is 0.137. The molecule has 0 aromatic rings. The Labute approximate surface area is 64.4 Å². The Balaban J connectivity index is 3.36. The van der Waals surface area contributed by atoms with E-state index in [0.29, 0.717) is 0 Å². The quantitative estimate of drug-likeness (QED) is 0.605. The summed E-state index contributed by atoms with van der Waals surface area (Å²) in [7, 11) is -0.927. The molecule has 10 heavy (non-hydrogen) atoms. The van der Waals surface area contributed by atoms with Gasteiger partial charge in [0, 0.05) is 14.1 Å². The molecule has 0 bridgehead atoms. The van der Waals surface area contributed by atoms with E-state index >= 15 is 0 Å². The van der Waals surface area contributed by atoms with Gasteiger partial charge in [-0.1, -0.05) is 25.7 Å². The van der Waals surface area contributed by atoms with Crippen molar-refractivity contribution in [3.63, 3.8) is 0 Å². The average molecular weight is 161 g/mol. The minimum atomic E-state index is -0.927. The van der Waals surface area contributed by atoms with Gasteiger partial charge in [-0.15, -0.1) is 0 Å². The van der Waals surface area contributed by atoms with E-state index in [4.69, 9.17) is 10.8 Å². The van der Waals surface area contributed by atoms with Crippen LogP contribution in [0.1, 0.15) is 6.42 Å². The molecule has 0 radical (unpaired) electrons. The molecule has 0 heterocycles. The van der Waals surface area contributed by atoms with Crippen molar-refractivity contribution < 1.29 is 5.11 Å². The second-order valence-electron chi connectivity index (χ2n) is 4.04. The molecule has 0 saturated heterocycles. The third kappa shape index (κ3) is 6.26. The van der Waals surface area contributed by atoms with Crippen molar-refractivity contribution in [2.45, 2.75) is 38.1 Å². The summed E-state index contributed by atoms with van der Waals surface area (Å²) in [6.07, 6.45) is 0.978. The van der Waals surface area contributed by atoms with E-state index in [1.165, 1.54) is 6.04 Å². The summed E-state index contributed by atoms with van der Waals surface area (Å²) in [5.74, 6) is 0. The predicted molar refractivity (Wildman–Crippen MR) is 47.8 cm³/mol. The molecule has 0 unspecified atom stereocenters. The van der Waals surface area contributed by atoms with Crippen LogP contribution in [0, 0.1) is 0 Å². The van der Waals surface area contributed by atoms with Crippen LogP contribution in [0.25, 0.3) is 0 Å². The number of hydrogen-bond donors (Lipinski definition) is 2. The summed E-state index contributed by atoms with van der Waals surface area (Å²) in [4.78, 5) is 0. The smallest absolute Gasteiger partial charge is 0.0582 e. The van der Waals surface area contributed by atoms with Gasteiger partial charge in [0.1, 0.15) is 0 Å². The molecule has 0 saturated carbocycles. The van der Waals surface area contributed by atoms with Crippen LogP contribution in [0.2, 0.25) is 25.7 Å². The van der Waals surface area contributed by atoms with Gasteiger partial charge in [-0.3, -0.25) is 0 Å². The highest BCUT2D eigenvalue weighted by Gasteiger charge is 2.13. The number of rotatable bonds is 4. The molecule has 0 aromatic heterocycles. The summed E-state index contributed by atoms with van der Waals surface area (Å²) < 4.78 is 0. The van der Waals surface area contributed by atoms with Crippen molar-refractivity contribution in [1.29, 1.82) is 0 Å². The van der Waals surface area contributed by atoms with Crippen molar-refractivity contribution in [2.24, 2.45) is 5.73 Å². The summed E-state index contributed by atoms with van der Waals surface area (Å²) in [5, 5.41) is 8.62. The maximum Gasteiger partial charge on any atom is 0.0582 e. The fraction of sp³-hybridized carbons (Fsp3) is 1.00. The van der Waals surface area contributed by atoms with Gasteiger partial charge < -0.3 is 10.8 Å². The van der Waals surface area contributed by atoms with Crippen molar-refractivity contribution >= 4 is 8.07 Å². The molecule has 0 aromatic carbocycles. The van der Waals surface area contributed by atoms with Crippen LogP contribution in [0.5, 0.6) is 0 Å². The highest BCUT2D eigenvalue weighted by Crippen LogP contribution is 2.11. The van der Waals surface area contributed by atoms with E-state index in [-0.39, 0.29) is 12.6 Å². The largest absolute Gasteiger partial charge is 0.395 e. The normalized spacial score (nSPS) is 15.3. The van der Waals surface area contributed by atoms with E-state index in [2.05, 4.69) is 19.6 Å². The molecule has 0 fully saturated rings. The lowest BCUT2D eigenvalue weighted by atomic mass is 10.3. The molecule has 3 N–H and O–H groups in total. The molecule has 3 heteroatoms. The van der Waals surface area contributed by atoms with Crippen LogP contribution < -0.4 is 5.73 Å². The first kappa shape index (κ1) is 10.1. The van der Waals surface area contributed by atoms with E-state index < -0.39 is 8.07 Å². The number of hydrogen-bond acceptors (Lipinski definition) is 2. The molecule has 62 valence electrons. The minimum absolute atomic E-state index is 0.00623. The second-order valence-corrected chi connectivity index (χ2v) is 9.66. The number of aliphatic hydroxyl groups excluding tert-OH is 1. The molecule has 0 rings (SSSR count). The summed E-state index contributed by atoms with van der Waals surface area (Å²) >= 11 is 0. The van der Waals surface area contributed by atoms with Crippen LogP contribution in [-0.2, 0) is 0 Å².